The van der Waals surface area contributed by atoms with Gasteiger partial charge in [0, 0.05) is 13.1 Å². The first-order valence-corrected chi connectivity index (χ1v) is 7.35. The van der Waals surface area contributed by atoms with E-state index in [0.717, 1.165) is 12.8 Å². The minimum absolute atomic E-state index is 0.149. The van der Waals surface area contributed by atoms with Crippen LogP contribution in [0.25, 0.3) is 6.08 Å². The maximum atomic E-state index is 11.9. The Morgan fingerprint density at radius 3 is 2.48 bits per heavy atom. The molecule has 6 heteroatoms. The van der Waals surface area contributed by atoms with E-state index in [-0.39, 0.29) is 18.1 Å². The number of methoxy groups -OCH3 is 1. The lowest BCUT2D eigenvalue weighted by Crippen LogP contribution is -2.32. The van der Waals surface area contributed by atoms with Crippen molar-refractivity contribution in [3.63, 3.8) is 0 Å². The van der Waals surface area contributed by atoms with E-state index in [1.165, 1.54) is 6.08 Å². The predicted octanol–water partition coefficient (Wildman–Crippen LogP) is 1.77. The largest absolute Gasteiger partial charge is 0.497 e. The number of nitriles is 1. The minimum Gasteiger partial charge on any atom is -0.497 e. The zero-order chi connectivity index (χ0) is 16.7. The molecule has 0 radical (unpaired) electrons. The average Bonchev–Trinajstić information content (AvgIpc) is 3.12. The van der Waals surface area contributed by atoms with Crippen molar-refractivity contribution in [3.05, 3.63) is 35.4 Å². The summed E-state index contributed by atoms with van der Waals surface area (Å²) in [6, 6.07) is 8.70. The molecule has 120 valence electrons. The molecule has 1 heterocycles. The lowest BCUT2D eigenvalue weighted by molar-refractivity contribution is -0.148. The Morgan fingerprint density at radius 2 is 1.91 bits per heavy atom. The van der Waals surface area contributed by atoms with Crippen molar-refractivity contribution in [2.75, 3.05) is 26.8 Å². The van der Waals surface area contributed by atoms with E-state index in [0.29, 0.717) is 24.4 Å². The Balaban J connectivity index is 1.95. The van der Waals surface area contributed by atoms with E-state index in [9.17, 15) is 9.59 Å². The van der Waals surface area contributed by atoms with Crippen LogP contribution in [0.2, 0.25) is 0 Å². The highest BCUT2D eigenvalue weighted by molar-refractivity contribution is 5.98. The third kappa shape index (κ3) is 4.58. The molecule has 1 aromatic rings. The SMILES string of the molecule is COc1ccc(C=C(C#N)C(=O)OCC(=O)N2CCCC2)cc1. The number of carbonyl (C=O) groups is 2. The van der Waals surface area contributed by atoms with Gasteiger partial charge in [0.15, 0.2) is 6.61 Å². The normalized spacial score (nSPS) is 14.3. The van der Waals surface area contributed by atoms with Crippen molar-refractivity contribution in [2.24, 2.45) is 0 Å². The molecule has 2 rings (SSSR count). The second-order valence-electron chi connectivity index (χ2n) is 5.11. The number of hydrogen-bond acceptors (Lipinski definition) is 5. The van der Waals surface area contributed by atoms with Gasteiger partial charge in [0.1, 0.15) is 17.4 Å². The van der Waals surface area contributed by atoms with Crippen LogP contribution < -0.4 is 4.74 Å². The van der Waals surface area contributed by atoms with Crippen LogP contribution in [0.1, 0.15) is 18.4 Å². The van der Waals surface area contributed by atoms with Gasteiger partial charge < -0.3 is 14.4 Å². The van der Waals surface area contributed by atoms with Crippen LogP contribution in [0, 0.1) is 11.3 Å². The highest BCUT2D eigenvalue weighted by Crippen LogP contribution is 2.14. The quantitative estimate of drug-likeness (QED) is 0.470. The predicted molar refractivity (Wildman–Crippen MR) is 83.4 cm³/mol. The van der Waals surface area contributed by atoms with Crippen LogP contribution in [0.3, 0.4) is 0 Å². The van der Waals surface area contributed by atoms with Crippen LogP contribution in [0.5, 0.6) is 5.75 Å². The summed E-state index contributed by atoms with van der Waals surface area (Å²) >= 11 is 0. The number of hydrogen-bond donors (Lipinski definition) is 0. The summed E-state index contributed by atoms with van der Waals surface area (Å²) in [7, 11) is 1.56. The van der Waals surface area contributed by atoms with E-state index in [1.807, 2.05) is 0 Å². The number of amides is 1. The Morgan fingerprint density at radius 1 is 1.26 bits per heavy atom. The standard InChI is InChI=1S/C17H18N2O4/c1-22-15-6-4-13(5-7-15)10-14(11-18)17(21)23-12-16(20)19-8-2-3-9-19/h4-7,10H,2-3,8-9,12H2,1H3. The van der Waals surface area contributed by atoms with Crippen molar-refractivity contribution < 1.29 is 19.1 Å². The first kappa shape index (κ1) is 16.6. The van der Waals surface area contributed by atoms with Crippen molar-refractivity contribution in [1.82, 2.24) is 4.90 Å². The highest BCUT2D eigenvalue weighted by Gasteiger charge is 2.20. The van der Waals surface area contributed by atoms with Gasteiger partial charge in [-0.15, -0.1) is 0 Å². The first-order chi connectivity index (χ1) is 11.1. The lowest BCUT2D eigenvalue weighted by atomic mass is 10.1. The molecule has 1 fully saturated rings. The molecule has 1 aliphatic heterocycles. The van der Waals surface area contributed by atoms with Gasteiger partial charge in [-0.1, -0.05) is 12.1 Å². The molecule has 0 N–H and O–H groups in total. The maximum absolute atomic E-state index is 11.9. The van der Waals surface area contributed by atoms with Crippen LogP contribution in [0.15, 0.2) is 29.8 Å². The molecule has 0 saturated carbocycles. The number of nitrogens with zero attached hydrogens (tertiary/aromatic N) is 2. The van der Waals surface area contributed by atoms with Crippen LogP contribution in [0.4, 0.5) is 0 Å². The molecule has 1 aromatic carbocycles. The molecule has 6 nitrogen and oxygen atoms in total. The Hall–Kier alpha value is -2.81. The lowest BCUT2D eigenvalue weighted by Gasteiger charge is -2.14. The summed E-state index contributed by atoms with van der Waals surface area (Å²) in [6.07, 6.45) is 3.36. The number of benzene rings is 1. The molecular formula is C17H18N2O4. The number of rotatable bonds is 5. The second-order valence-corrected chi connectivity index (χ2v) is 5.11. The molecule has 1 amide bonds. The summed E-state index contributed by atoms with van der Waals surface area (Å²) < 4.78 is 9.98. The summed E-state index contributed by atoms with van der Waals surface area (Å²) in [5, 5.41) is 9.10. The number of esters is 1. The molecule has 23 heavy (non-hydrogen) atoms. The molecule has 0 atom stereocenters. The minimum atomic E-state index is -0.795. The highest BCUT2D eigenvalue weighted by atomic mass is 16.5. The molecule has 0 bridgehead atoms. The Kier molecular flexibility index (Phi) is 5.75. The van der Waals surface area contributed by atoms with Gasteiger partial charge in [0.2, 0.25) is 0 Å². The molecule has 0 spiro atoms. The van der Waals surface area contributed by atoms with E-state index < -0.39 is 5.97 Å². The van der Waals surface area contributed by atoms with Gasteiger partial charge in [-0.05, 0) is 36.6 Å². The van der Waals surface area contributed by atoms with Crippen molar-refractivity contribution in [3.8, 4) is 11.8 Å². The third-order valence-corrected chi connectivity index (χ3v) is 3.55. The van der Waals surface area contributed by atoms with Crippen LogP contribution in [-0.4, -0.2) is 43.6 Å². The molecule has 0 aliphatic carbocycles. The van der Waals surface area contributed by atoms with E-state index in [1.54, 1.807) is 42.3 Å². The van der Waals surface area contributed by atoms with Crippen molar-refractivity contribution >= 4 is 18.0 Å². The zero-order valence-corrected chi connectivity index (χ0v) is 12.9. The Labute approximate surface area is 134 Å². The fourth-order valence-corrected chi connectivity index (χ4v) is 2.27. The van der Waals surface area contributed by atoms with Crippen molar-refractivity contribution in [1.29, 1.82) is 5.26 Å². The average molecular weight is 314 g/mol. The zero-order valence-electron chi connectivity index (χ0n) is 12.9. The second kappa shape index (κ2) is 7.99. The molecule has 0 aromatic heterocycles. The van der Waals surface area contributed by atoms with Gasteiger partial charge in [-0.2, -0.15) is 5.26 Å². The fraction of sp³-hybridized carbons (Fsp3) is 0.353. The van der Waals surface area contributed by atoms with E-state index in [2.05, 4.69) is 0 Å². The molecule has 1 saturated heterocycles. The van der Waals surface area contributed by atoms with Crippen molar-refractivity contribution in [2.45, 2.75) is 12.8 Å². The summed E-state index contributed by atoms with van der Waals surface area (Å²) in [4.78, 5) is 25.4. The molecular weight excluding hydrogens is 296 g/mol. The van der Waals surface area contributed by atoms with Gasteiger partial charge in [-0.3, -0.25) is 4.79 Å². The van der Waals surface area contributed by atoms with Gasteiger partial charge in [0.25, 0.3) is 5.91 Å². The van der Waals surface area contributed by atoms with Crippen LogP contribution >= 0.6 is 0 Å². The van der Waals surface area contributed by atoms with E-state index in [4.69, 9.17) is 14.7 Å². The first-order valence-electron chi connectivity index (χ1n) is 7.35. The molecule has 1 aliphatic rings. The molecule has 0 unspecified atom stereocenters. The smallest absolute Gasteiger partial charge is 0.349 e. The van der Waals surface area contributed by atoms with Gasteiger partial charge >= 0.3 is 5.97 Å². The topological polar surface area (TPSA) is 79.6 Å². The van der Waals surface area contributed by atoms with Gasteiger partial charge in [0.05, 0.1) is 7.11 Å². The Bertz CT molecular complexity index is 638. The third-order valence-electron chi connectivity index (χ3n) is 3.55. The number of likely N-dealkylation sites (tertiary alicyclic amines) is 1. The fourth-order valence-electron chi connectivity index (χ4n) is 2.27. The summed E-state index contributed by atoms with van der Waals surface area (Å²) in [6.45, 7) is 1.06. The maximum Gasteiger partial charge on any atom is 0.349 e. The summed E-state index contributed by atoms with van der Waals surface area (Å²) in [5.74, 6) is -0.340. The summed E-state index contributed by atoms with van der Waals surface area (Å²) in [5.41, 5.74) is 0.523. The number of ether oxygens (including phenoxy) is 2. The van der Waals surface area contributed by atoms with Gasteiger partial charge in [-0.25, -0.2) is 4.79 Å². The van der Waals surface area contributed by atoms with Crippen LogP contribution in [-0.2, 0) is 14.3 Å². The number of carbonyl (C=O) groups excluding carboxylic acids is 2. The monoisotopic (exact) mass is 314 g/mol. The van der Waals surface area contributed by atoms with E-state index >= 15 is 0 Å².